The summed E-state index contributed by atoms with van der Waals surface area (Å²) < 4.78 is 5.36. The standard InChI is InChI=1S/C14H20N2O3/c1-5-19-14-8-6-13(7-9-14)10(2)16(12(4)18)15-11(3)17/h6-10H,5H2,1-4H3,(H,15,17). The molecule has 0 heterocycles. The Morgan fingerprint density at radius 2 is 1.84 bits per heavy atom. The van der Waals surface area contributed by atoms with Gasteiger partial charge < -0.3 is 4.74 Å². The van der Waals surface area contributed by atoms with Crippen molar-refractivity contribution in [3.63, 3.8) is 0 Å². The Bertz CT molecular complexity index is 443. The van der Waals surface area contributed by atoms with Crippen LogP contribution in [0.3, 0.4) is 0 Å². The minimum atomic E-state index is -0.270. The van der Waals surface area contributed by atoms with E-state index in [0.717, 1.165) is 11.3 Å². The van der Waals surface area contributed by atoms with E-state index in [1.165, 1.54) is 18.9 Å². The van der Waals surface area contributed by atoms with E-state index in [2.05, 4.69) is 5.43 Å². The fraction of sp³-hybridized carbons (Fsp3) is 0.429. The van der Waals surface area contributed by atoms with Crippen molar-refractivity contribution in [3.8, 4) is 5.75 Å². The molecule has 5 nitrogen and oxygen atoms in total. The van der Waals surface area contributed by atoms with Crippen molar-refractivity contribution in [2.75, 3.05) is 6.61 Å². The molecule has 1 aromatic rings. The third kappa shape index (κ3) is 4.28. The average molecular weight is 264 g/mol. The predicted octanol–water partition coefficient (Wildman–Crippen LogP) is 2.05. The van der Waals surface area contributed by atoms with Gasteiger partial charge in [-0.2, -0.15) is 0 Å². The van der Waals surface area contributed by atoms with Crippen molar-refractivity contribution in [3.05, 3.63) is 29.8 Å². The van der Waals surface area contributed by atoms with Crippen LogP contribution in [0.15, 0.2) is 24.3 Å². The molecule has 5 heteroatoms. The van der Waals surface area contributed by atoms with Crippen LogP contribution < -0.4 is 10.2 Å². The zero-order valence-electron chi connectivity index (χ0n) is 11.8. The van der Waals surface area contributed by atoms with Crippen LogP contribution in [-0.2, 0) is 9.59 Å². The van der Waals surface area contributed by atoms with Crippen molar-refractivity contribution < 1.29 is 14.3 Å². The number of nitrogens with zero attached hydrogens (tertiary/aromatic N) is 1. The second-order valence-electron chi connectivity index (χ2n) is 4.24. The molecule has 0 aliphatic heterocycles. The minimum Gasteiger partial charge on any atom is -0.494 e. The maximum atomic E-state index is 11.6. The molecule has 19 heavy (non-hydrogen) atoms. The molecule has 0 bridgehead atoms. The van der Waals surface area contributed by atoms with Crippen LogP contribution >= 0.6 is 0 Å². The number of hydrogen-bond acceptors (Lipinski definition) is 3. The average Bonchev–Trinajstić information content (AvgIpc) is 2.36. The van der Waals surface area contributed by atoms with Crippen LogP contribution in [0.4, 0.5) is 0 Å². The number of nitrogens with one attached hydrogen (secondary N) is 1. The first-order chi connectivity index (χ1) is 8.95. The second kappa shape index (κ2) is 6.78. The van der Waals surface area contributed by atoms with Crippen LogP contribution in [0.5, 0.6) is 5.75 Å². The summed E-state index contributed by atoms with van der Waals surface area (Å²) in [6.45, 7) is 7.18. The lowest BCUT2D eigenvalue weighted by Crippen LogP contribution is -2.45. The Kier molecular flexibility index (Phi) is 5.36. The normalized spacial score (nSPS) is 11.6. The number of carbonyl (C=O) groups is 2. The van der Waals surface area contributed by atoms with E-state index >= 15 is 0 Å². The summed E-state index contributed by atoms with van der Waals surface area (Å²) in [6, 6.07) is 7.22. The molecule has 1 N–H and O–H groups in total. The molecule has 0 saturated heterocycles. The van der Waals surface area contributed by atoms with Gasteiger partial charge in [-0.15, -0.1) is 0 Å². The van der Waals surface area contributed by atoms with E-state index in [1.54, 1.807) is 0 Å². The molecule has 1 aromatic carbocycles. The van der Waals surface area contributed by atoms with Gasteiger partial charge in [0, 0.05) is 13.8 Å². The highest BCUT2D eigenvalue weighted by Crippen LogP contribution is 2.21. The monoisotopic (exact) mass is 264 g/mol. The highest BCUT2D eigenvalue weighted by Gasteiger charge is 2.19. The lowest BCUT2D eigenvalue weighted by atomic mass is 10.1. The third-order valence-corrected chi connectivity index (χ3v) is 2.68. The number of ether oxygens (including phenoxy) is 1. The lowest BCUT2D eigenvalue weighted by molar-refractivity contribution is -0.141. The van der Waals surface area contributed by atoms with Gasteiger partial charge in [0.2, 0.25) is 11.8 Å². The van der Waals surface area contributed by atoms with Crippen molar-refractivity contribution in [2.45, 2.75) is 33.7 Å². The molecule has 1 rings (SSSR count). The Balaban J connectivity index is 2.86. The highest BCUT2D eigenvalue weighted by atomic mass is 16.5. The van der Waals surface area contributed by atoms with Crippen molar-refractivity contribution in [1.82, 2.24) is 10.4 Å². The molecule has 1 atom stereocenters. The second-order valence-corrected chi connectivity index (χ2v) is 4.24. The molecule has 0 aromatic heterocycles. The Hall–Kier alpha value is -2.04. The first-order valence-corrected chi connectivity index (χ1v) is 6.25. The summed E-state index contributed by atoms with van der Waals surface area (Å²) in [4.78, 5) is 22.7. The van der Waals surface area contributed by atoms with E-state index in [1.807, 2.05) is 38.1 Å². The fourth-order valence-corrected chi connectivity index (χ4v) is 1.78. The highest BCUT2D eigenvalue weighted by molar-refractivity contribution is 5.79. The maximum Gasteiger partial charge on any atom is 0.238 e. The first kappa shape index (κ1) is 15.0. The number of hydrogen-bond donors (Lipinski definition) is 1. The van der Waals surface area contributed by atoms with Gasteiger partial charge in [0.1, 0.15) is 5.75 Å². The first-order valence-electron chi connectivity index (χ1n) is 6.25. The van der Waals surface area contributed by atoms with Gasteiger partial charge >= 0.3 is 0 Å². The van der Waals surface area contributed by atoms with Crippen molar-refractivity contribution in [1.29, 1.82) is 0 Å². The summed E-state index contributed by atoms with van der Waals surface area (Å²) in [5.74, 6) is 0.303. The molecule has 2 amide bonds. The van der Waals surface area contributed by atoms with Gasteiger partial charge in [0.05, 0.1) is 12.6 Å². The van der Waals surface area contributed by atoms with Gasteiger partial charge in [0.15, 0.2) is 0 Å². The summed E-state index contributed by atoms with van der Waals surface area (Å²) in [5, 5.41) is 1.32. The van der Waals surface area contributed by atoms with Crippen LogP contribution in [0.1, 0.15) is 39.3 Å². The van der Waals surface area contributed by atoms with E-state index in [4.69, 9.17) is 4.74 Å². The van der Waals surface area contributed by atoms with Gasteiger partial charge in [-0.3, -0.25) is 15.0 Å². The molecule has 0 aliphatic carbocycles. The smallest absolute Gasteiger partial charge is 0.238 e. The van der Waals surface area contributed by atoms with Gasteiger partial charge in [-0.1, -0.05) is 12.1 Å². The number of benzene rings is 1. The van der Waals surface area contributed by atoms with Gasteiger partial charge in [-0.05, 0) is 31.5 Å². The molecular weight excluding hydrogens is 244 g/mol. The van der Waals surface area contributed by atoms with Gasteiger partial charge in [-0.25, -0.2) is 5.01 Å². The van der Waals surface area contributed by atoms with Crippen LogP contribution in [0.25, 0.3) is 0 Å². The topological polar surface area (TPSA) is 58.6 Å². The summed E-state index contributed by atoms with van der Waals surface area (Å²) in [6.07, 6.45) is 0. The Morgan fingerprint density at radius 1 is 1.26 bits per heavy atom. The molecule has 1 unspecified atom stereocenters. The molecule has 0 saturated carbocycles. The van der Waals surface area contributed by atoms with Crippen molar-refractivity contribution >= 4 is 11.8 Å². The molecule has 0 spiro atoms. The molecule has 0 aliphatic rings. The SMILES string of the molecule is CCOc1ccc(C(C)N(NC(C)=O)C(C)=O)cc1. The summed E-state index contributed by atoms with van der Waals surface area (Å²) >= 11 is 0. The van der Waals surface area contributed by atoms with Crippen LogP contribution in [0, 0.1) is 0 Å². The number of amides is 2. The fourth-order valence-electron chi connectivity index (χ4n) is 1.78. The molecule has 104 valence electrons. The van der Waals surface area contributed by atoms with Crippen molar-refractivity contribution in [2.24, 2.45) is 0 Å². The van der Waals surface area contributed by atoms with E-state index < -0.39 is 0 Å². The molecular formula is C14H20N2O3. The van der Waals surface area contributed by atoms with E-state index in [0.29, 0.717) is 6.61 Å². The Morgan fingerprint density at radius 3 is 2.26 bits per heavy atom. The zero-order valence-corrected chi connectivity index (χ0v) is 11.8. The largest absolute Gasteiger partial charge is 0.494 e. The third-order valence-electron chi connectivity index (χ3n) is 2.68. The number of rotatable bonds is 4. The number of hydrazine groups is 1. The van der Waals surface area contributed by atoms with E-state index in [9.17, 15) is 9.59 Å². The minimum absolute atomic E-state index is 0.211. The zero-order chi connectivity index (χ0) is 14.4. The molecule has 0 radical (unpaired) electrons. The van der Waals surface area contributed by atoms with E-state index in [-0.39, 0.29) is 17.9 Å². The lowest BCUT2D eigenvalue weighted by Gasteiger charge is -2.28. The predicted molar refractivity (Wildman–Crippen MR) is 72.4 cm³/mol. The quantitative estimate of drug-likeness (QED) is 0.847. The summed E-state index contributed by atoms with van der Waals surface area (Å²) in [7, 11) is 0. The maximum absolute atomic E-state index is 11.6. The summed E-state index contributed by atoms with van der Waals surface area (Å²) in [5.41, 5.74) is 3.45. The Labute approximate surface area is 113 Å². The number of carbonyl (C=O) groups excluding carboxylic acids is 2. The van der Waals surface area contributed by atoms with Gasteiger partial charge in [0.25, 0.3) is 0 Å². The molecule has 0 fully saturated rings. The van der Waals surface area contributed by atoms with Crippen LogP contribution in [-0.4, -0.2) is 23.4 Å². The van der Waals surface area contributed by atoms with Crippen LogP contribution in [0.2, 0.25) is 0 Å².